The molecule has 180 valence electrons. The number of benzene rings is 1. The van der Waals surface area contributed by atoms with Crippen molar-refractivity contribution in [2.75, 3.05) is 6.61 Å². The van der Waals surface area contributed by atoms with Gasteiger partial charge in [-0.3, -0.25) is 4.79 Å². The Morgan fingerprint density at radius 1 is 1.15 bits per heavy atom. The van der Waals surface area contributed by atoms with Gasteiger partial charge in [0.1, 0.15) is 11.4 Å². The molecule has 0 aliphatic heterocycles. The van der Waals surface area contributed by atoms with Gasteiger partial charge in [-0.15, -0.1) is 0 Å². The zero-order valence-electron chi connectivity index (χ0n) is 21.0. The molecule has 0 atom stereocenters. The Labute approximate surface area is 196 Å². The molecule has 0 saturated heterocycles. The summed E-state index contributed by atoms with van der Waals surface area (Å²) < 4.78 is 13.3. The van der Waals surface area contributed by atoms with Crippen LogP contribution in [-0.2, 0) is 24.2 Å². The van der Waals surface area contributed by atoms with Crippen molar-refractivity contribution in [3.8, 4) is 11.8 Å². The second-order valence-electron chi connectivity index (χ2n) is 10.5. The fourth-order valence-electron chi connectivity index (χ4n) is 3.48. The number of alkyl carbamates (subject to hydrolysis) is 1. The van der Waals surface area contributed by atoms with E-state index < -0.39 is 11.7 Å². The molecule has 0 fully saturated rings. The van der Waals surface area contributed by atoms with Gasteiger partial charge in [0.25, 0.3) is 5.56 Å². The molecular formula is C26H37N3O4. The number of carbonyl (C=O) groups is 1. The maximum atomic E-state index is 13.6. The lowest BCUT2D eigenvalue weighted by Crippen LogP contribution is -2.36. The van der Waals surface area contributed by atoms with Gasteiger partial charge in [0, 0.05) is 11.9 Å². The topological polar surface area (TPSA) is 93.3 Å². The Hall–Kier alpha value is -3.01. The molecule has 2 rings (SSSR count). The van der Waals surface area contributed by atoms with Gasteiger partial charge in [-0.2, -0.15) is 5.26 Å². The molecule has 2 aromatic rings. The van der Waals surface area contributed by atoms with Gasteiger partial charge < -0.3 is 19.4 Å². The maximum absolute atomic E-state index is 13.6. The number of hydrogen-bond donors (Lipinski definition) is 1. The first-order chi connectivity index (χ1) is 15.4. The largest absolute Gasteiger partial charge is 0.491 e. The number of rotatable bonds is 8. The smallest absolute Gasteiger partial charge is 0.407 e. The number of nitriles is 1. The number of ether oxygens (including phenoxy) is 2. The molecule has 33 heavy (non-hydrogen) atoms. The second-order valence-corrected chi connectivity index (χ2v) is 10.5. The minimum absolute atomic E-state index is 0.0834. The van der Waals surface area contributed by atoms with Crippen LogP contribution in [0.3, 0.4) is 0 Å². The van der Waals surface area contributed by atoms with Gasteiger partial charge in [-0.05, 0) is 50.3 Å². The van der Waals surface area contributed by atoms with Crippen molar-refractivity contribution in [1.29, 1.82) is 5.26 Å². The third kappa shape index (κ3) is 7.52. The van der Waals surface area contributed by atoms with Gasteiger partial charge in [0.15, 0.2) is 0 Å². The highest BCUT2D eigenvalue weighted by Gasteiger charge is 2.24. The predicted molar refractivity (Wildman–Crippen MR) is 130 cm³/mol. The van der Waals surface area contributed by atoms with Crippen LogP contribution in [0.25, 0.3) is 10.8 Å². The van der Waals surface area contributed by atoms with Crippen molar-refractivity contribution in [2.24, 2.45) is 5.41 Å². The quantitative estimate of drug-likeness (QED) is 0.544. The van der Waals surface area contributed by atoms with Crippen molar-refractivity contribution in [3.63, 3.8) is 0 Å². The lowest BCUT2D eigenvalue weighted by atomic mass is 9.96. The van der Waals surface area contributed by atoms with E-state index in [0.29, 0.717) is 35.4 Å². The molecule has 0 spiro atoms. The van der Waals surface area contributed by atoms with Gasteiger partial charge in [-0.25, -0.2) is 4.79 Å². The summed E-state index contributed by atoms with van der Waals surface area (Å²) in [5.41, 5.74) is 0.445. The van der Waals surface area contributed by atoms with Gasteiger partial charge in [-0.1, -0.05) is 40.2 Å². The molecule has 1 amide bonds. The Balaban J connectivity index is 2.70. The third-order valence-electron chi connectivity index (χ3n) is 4.85. The van der Waals surface area contributed by atoms with Crippen molar-refractivity contribution in [1.82, 2.24) is 9.88 Å². The maximum Gasteiger partial charge on any atom is 0.407 e. The number of carbonyl (C=O) groups excluding carboxylic acids is 1. The molecular weight excluding hydrogens is 418 g/mol. The van der Waals surface area contributed by atoms with E-state index in [1.54, 1.807) is 31.4 Å². The number of fused-ring (bicyclic) bond motifs is 1. The molecule has 7 nitrogen and oxygen atoms in total. The van der Waals surface area contributed by atoms with Gasteiger partial charge in [0.05, 0.1) is 36.7 Å². The summed E-state index contributed by atoms with van der Waals surface area (Å²) in [7, 11) is 0. The highest BCUT2D eigenvalue weighted by molar-refractivity contribution is 5.89. The van der Waals surface area contributed by atoms with E-state index >= 15 is 0 Å². The number of nitrogens with one attached hydrogen (secondary N) is 1. The summed E-state index contributed by atoms with van der Waals surface area (Å²) in [5, 5.41) is 13.1. The number of unbranched alkanes of at least 4 members (excludes halogenated alkanes) is 1. The highest BCUT2D eigenvalue weighted by atomic mass is 16.6. The van der Waals surface area contributed by atoms with Crippen LogP contribution >= 0.6 is 0 Å². The first kappa shape index (κ1) is 26.2. The van der Waals surface area contributed by atoms with E-state index in [-0.39, 0.29) is 23.9 Å². The van der Waals surface area contributed by atoms with E-state index in [1.807, 2.05) is 12.1 Å². The number of aromatic nitrogens is 1. The molecule has 0 aliphatic carbocycles. The van der Waals surface area contributed by atoms with Crippen LogP contribution in [0.15, 0.2) is 23.0 Å². The Kier molecular flexibility index (Phi) is 8.54. The molecule has 0 aliphatic rings. The van der Waals surface area contributed by atoms with E-state index in [2.05, 4.69) is 39.1 Å². The molecule has 0 unspecified atom stereocenters. The molecule has 0 bridgehead atoms. The second kappa shape index (κ2) is 10.7. The first-order valence-corrected chi connectivity index (χ1v) is 11.5. The summed E-state index contributed by atoms with van der Waals surface area (Å²) >= 11 is 0. The summed E-state index contributed by atoms with van der Waals surface area (Å²) in [4.78, 5) is 25.9. The minimum Gasteiger partial charge on any atom is -0.491 e. The summed E-state index contributed by atoms with van der Waals surface area (Å²) in [6, 6.07) is 7.58. The standard InChI is InChI=1S/C26H37N3O4/c1-8-9-14-32-22-20-15-18(12-13-27)10-11-19(20)23(30)29(17-25(2,3)4)21(22)16-28-24(31)33-26(5,6)7/h10-11,15H,8-9,12,14,16-17H2,1-7H3,(H,28,31). The van der Waals surface area contributed by atoms with Crippen LogP contribution in [0.1, 0.15) is 72.6 Å². The van der Waals surface area contributed by atoms with E-state index in [9.17, 15) is 9.59 Å². The van der Waals surface area contributed by atoms with Crippen molar-refractivity contribution < 1.29 is 14.3 Å². The average molecular weight is 456 g/mol. The molecule has 1 N–H and O–H groups in total. The van der Waals surface area contributed by atoms with Crippen molar-refractivity contribution in [2.45, 2.75) is 86.4 Å². The fraction of sp³-hybridized carbons (Fsp3) is 0.577. The summed E-state index contributed by atoms with van der Waals surface area (Å²) in [6.45, 7) is 14.7. The van der Waals surface area contributed by atoms with E-state index in [4.69, 9.17) is 14.7 Å². The zero-order valence-corrected chi connectivity index (χ0v) is 21.0. The lowest BCUT2D eigenvalue weighted by Gasteiger charge is -2.26. The molecule has 1 heterocycles. The van der Waals surface area contributed by atoms with Crippen molar-refractivity contribution in [3.05, 3.63) is 39.8 Å². The van der Waals surface area contributed by atoms with Crippen LogP contribution < -0.4 is 15.6 Å². The van der Waals surface area contributed by atoms with Gasteiger partial charge in [0.2, 0.25) is 0 Å². The number of nitrogens with zero attached hydrogens (tertiary/aromatic N) is 2. The fourth-order valence-corrected chi connectivity index (χ4v) is 3.48. The average Bonchev–Trinajstić information content (AvgIpc) is 2.68. The van der Waals surface area contributed by atoms with Crippen LogP contribution in [0.2, 0.25) is 0 Å². The van der Waals surface area contributed by atoms with Gasteiger partial charge >= 0.3 is 6.09 Å². The predicted octanol–water partition coefficient (Wildman–Crippen LogP) is 5.32. The zero-order chi connectivity index (χ0) is 24.8. The normalized spacial score (nSPS) is 11.8. The van der Waals surface area contributed by atoms with Crippen LogP contribution in [-0.4, -0.2) is 22.9 Å². The SMILES string of the molecule is CCCCOc1c(CNC(=O)OC(C)(C)C)n(CC(C)(C)C)c(=O)c2ccc(CC#N)cc12. The van der Waals surface area contributed by atoms with Crippen LogP contribution in [0.4, 0.5) is 4.79 Å². The number of hydrogen-bond acceptors (Lipinski definition) is 5. The monoisotopic (exact) mass is 455 g/mol. The first-order valence-electron chi connectivity index (χ1n) is 11.5. The van der Waals surface area contributed by atoms with Crippen molar-refractivity contribution >= 4 is 16.9 Å². The van der Waals surface area contributed by atoms with E-state index in [0.717, 1.165) is 18.4 Å². The Bertz CT molecular complexity index is 1080. The number of amides is 1. The Morgan fingerprint density at radius 3 is 2.42 bits per heavy atom. The summed E-state index contributed by atoms with van der Waals surface area (Å²) in [6.07, 6.45) is 1.50. The minimum atomic E-state index is -0.634. The molecule has 1 aromatic carbocycles. The molecule has 0 radical (unpaired) electrons. The third-order valence-corrected chi connectivity index (χ3v) is 4.85. The summed E-state index contributed by atoms with van der Waals surface area (Å²) in [5.74, 6) is 0.568. The highest BCUT2D eigenvalue weighted by Crippen LogP contribution is 2.31. The molecule has 0 saturated carbocycles. The lowest BCUT2D eigenvalue weighted by molar-refractivity contribution is 0.0521. The number of pyridine rings is 1. The molecule has 1 aromatic heterocycles. The van der Waals surface area contributed by atoms with E-state index in [1.165, 1.54) is 0 Å². The molecule has 7 heteroatoms. The Morgan fingerprint density at radius 2 is 1.85 bits per heavy atom. The van der Waals surface area contributed by atoms with Crippen LogP contribution in [0, 0.1) is 16.7 Å². The van der Waals surface area contributed by atoms with Crippen LogP contribution in [0.5, 0.6) is 5.75 Å².